The maximum atomic E-state index is 12.3. The average molecular weight is 2060 g/mol. The van der Waals surface area contributed by atoms with E-state index in [2.05, 4.69) is 81.7 Å². The van der Waals surface area contributed by atoms with E-state index < -0.39 is 74.6 Å². The molecule has 9 aromatic heterocycles. The number of rotatable bonds is 17. The zero-order valence-electron chi connectivity index (χ0n) is 70.7. The number of nitrogen functional groups attached to an aromatic ring is 1. The molecule has 1 fully saturated rings. The number of imidazole rings is 4. The molecule has 129 heavy (non-hydrogen) atoms. The first kappa shape index (κ1) is 109. The Balaban J connectivity index is 0.000000412. The summed E-state index contributed by atoms with van der Waals surface area (Å²) in [6.45, 7) is 14.7. The van der Waals surface area contributed by atoms with Crippen LogP contribution in [-0.4, -0.2) is 153 Å². The molecule has 0 radical (unpaired) electrons. The molecule has 1 saturated heterocycles. The van der Waals surface area contributed by atoms with Crippen LogP contribution < -0.4 is 63.0 Å². The van der Waals surface area contributed by atoms with E-state index in [-0.39, 0.29) is 75.9 Å². The molecular weight excluding hydrogens is 1970 g/mol. The molecule has 10 N–H and O–H groups in total. The SMILES string of the molecule is CC(C)Oc1cc(NC(=O)NCC(F)(F)F)cc(-c2cnc3c(C#N)cccn23)c1.CC(C)Oc1cc(NC(=O)NCC(F)(F)F)cc(-c2cnc3c(CN)cccn23)c1.CC(C)Oc1cc(NC(=O)NCC(F)(F)F)cc(B2OC(C)(C)C(C)(C)O2)c1.ClCCl.N#Cc1cccn2c(I)cnc12.N#Cc1cccn2ccnc12.N#Cc1cccnc1N.O=CCCl.[CH3-].[HH].[Pd]. The first-order valence-electron chi connectivity index (χ1n) is 37.7. The van der Waals surface area contributed by atoms with Crippen molar-refractivity contribution >= 4 is 140 Å². The number of carbonyl (C=O) groups excluding carboxylic acids is 4. The van der Waals surface area contributed by atoms with Gasteiger partial charge in [-0.25, -0.2) is 39.3 Å². The van der Waals surface area contributed by atoms with Gasteiger partial charge in [-0.05, 0) is 188 Å². The van der Waals surface area contributed by atoms with Gasteiger partial charge in [-0.1, -0.05) is 6.07 Å². The van der Waals surface area contributed by atoms with Crippen molar-refractivity contribution in [2.45, 2.75) is 124 Å². The molecular formula is C84H90BCl3F9IN21O9Pd-. The van der Waals surface area contributed by atoms with E-state index in [1.165, 1.54) is 12.1 Å². The third kappa shape index (κ3) is 34.7. The molecule has 30 nitrogen and oxygen atoms in total. The summed E-state index contributed by atoms with van der Waals surface area (Å²) >= 11 is 16.5. The maximum Gasteiger partial charge on any atom is 0.495 e. The van der Waals surface area contributed by atoms with Gasteiger partial charge in [-0.15, -0.1) is 34.8 Å². The Morgan fingerprint density at radius 3 is 1.31 bits per heavy atom. The number of fused-ring (bicyclic) bond motifs is 4. The Morgan fingerprint density at radius 2 is 0.907 bits per heavy atom. The fraction of sp³-hybridized carbons (Fsp3) is 0.286. The van der Waals surface area contributed by atoms with Crippen molar-refractivity contribution in [3.63, 3.8) is 0 Å². The largest absolute Gasteiger partial charge is 0.495 e. The standard InChI is InChI=1S/C20H22F3N5O2.C20H18F3N5O2.C18H26BF3N2O4.C8H4IN3.C8H5N3.C6H5N3.C2H3ClO.CH2Cl2.CH3.Pd.H2/c2*1-12(2)30-16-7-14(6-15(8-16)27-19(29)26-11-20(21,22)23)17-10-25-18-13(9-24)4-3-5-28(17)18;1-11(2)26-14-8-12(19-27-16(3,4)17(5,6)28-19)7-13(9-14)24-15(25)23-10-18(20,21)22;9-7-5-11-8-6(4-10)2-1-3-12(7)8;9-6-7-2-1-4-11-5-3-10-8(7)11;7-4-5-2-1-3-9-6(5)8;3-1-2-4;2-1-3;;;/h3-8,10,12H,9,11,24H2,1-2H3,(H2,26,27,29);3-8,10,12H,11H2,1-2H3,(H2,26,27,29);7-9,11H,10H2,1-6H3,(H2,23,24,25);1-3,5H;1-5H;1-3H,(H2,8,9);2H,1H2;1H2;1H3;;1H/q;;;;;;;;-1;;. The number of nitrogens with one attached hydrogen (secondary N) is 6. The summed E-state index contributed by atoms with van der Waals surface area (Å²) in [5, 5.41) is 47.7. The van der Waals surface area contributed by atoms with Crippen LogP contribution in [0.2, 0.25) is 0 Å². The first-order valence-corrected chi connectivity index (χ1v) is 40.3. The molecule has 6 amide bonds. The Labute approximate surface area is 780 Å². The predicted octanol–water partition coefficient (Wildman–Crippen LogP) is 17.8. The number of nitrogens with two attached hydrogens (primary N) is 2. The van der Waals surface area contributed by atoms with Crippen LogP contribution in [0.25, 0.3) is 45.1 Å². The Hall–Kier alpha value is -12.2. The number of anilines is 4. The van der Waals surface area contributed by atoms with Crippen molar-refractivity contribution in [2.75, 3.05) is 52.5 Å². The minimum Gasteiger partial charge on any atom is -0.491 e. The van der Waals surface area contributed by atoms with Gasteiger partial charge in [0.2, 0.25) is 0 Å². The van der Waals surface area contributed by atoms with Crippen molar-refractivity contribution < 1.29 is 104 Å². The smallest absolute Gasteiger partial charge is 0.491 e. The first-order chi connectivity index (χ1) is 59.9. The second-order valence-corrected chi connectivity index (χ2v) is 30.3. The van der Waals surface area contributed by atoms with Crippen LogP contribution >= 0.6 is 57.4 Å². The summed E-state index contributed by atoms with van der Waals surface area (Å²) in [5.74, 6) is 1.71. The number of ether oxygens (including phenoxy) is 3. The monoisotopic (exact) mass is 2060 g/mol. The summed E-state index contributed by atoms with van der Waals surface area (Å²) in [5.41, 5.74) is 19.4. The fourth-order valence-corrected chi connectivity index (χ4v) is 11.4. The van der Waals surface area contributed by atoms with Gasteiger partial charge in [0.25, 0.3) is 0 Å². The Kier molecular flexibility index (Phi) is 43.2. The number of nitrogens with zero attached hydrogens (tertiary/aromatic N) is 13. The molecule has 690 valence electrons. The Bertz CT molecular complexity index is 5890. The van der Waals surface area contributed by atoms with E-state index in [1.807, 2.05) is 138 Å². The Morgan fingerprint density at radius 1 is 0.535 bits per heavy atom. The van der Waals surface area contributed by atoms with Crippen LogP contribution in [0.3, 0.4) is 0 Å². The molecule has 1 aliphatic heterocycles. The molecule has 12 aromatic rings. The topological polar surface area (TPSA) is 416 Å². The normalized spacial score (nSPS) is 12.0. The van der Waals surface area contributed by atoms with Crippen molar-refractivity contribution in [3.05, 3.63) is 216 Å². The van der Waals surface area contributed by atoms with Crippen LogP contribution in [-0.2, 0) is 41.1 Å². The maximum absolute atomic E-state index is 12.3. The number of aldehydes is 1. The number of hydrogen-bond donors (Lipinski definition) is 8. The van der Waals surface area contributed by atoms with Crippen LogP contribution in [0.4, 0.5) is 76.8 Å². The number of urea groups is 3. The molecule has 0 aliphatic carbocycles. The van der Waals surface area contributed by atoms with Crippen molar-refractivity contribution in [1.29, 1.82) is 21.0 Å². The number of benzene rings is 3. The number of alkyl halides is 12. The van der Waals surface area contributed by atoms with Gasteiger partial charge < -0.3 is 83.5 Å². The van der Waals surface area contributed by atoms with Gasteiger partial charge in [0.05, 0.1) is 93.0 Å². The summed E-state index contributed by atoms with van der Waals surface area (Å²) in [4.78, 5) is 65.2. The predicted molar refractivity (Wildman–Crippen MR) is 480 cm³/mol. The number of halogens is 13. The minimum atomic E-state index is -4.51. The molecule has 13 rings (SSSR count). The van der Waals surface area contributed by atoms with Gasteiger partial charge in [-0.2, -0.15) is 60.6 Å². The van der Waals surface area contributed by atoms with Gasteiger partial charge in [-0.3, -0.25) is 13.2 Å². The summed E-state index contributed by atoms with van der Waals surface area (Å²) < 4.78 is 148. The summed E-state index contributed by atoms with van der Waals surface area (Å²) in [6.07, 6.45) is 4.03. The summed E-state index contributed by atoms with van der Waals surface area (Å²) in [6, 6.07) is 37.4. The van der Waals surface area contributed by atoms with E-state index in [1.54, 1.807) is 136 Å². The zero-order chi connectivity index (χ0) is 94.2. The number of carbonyl (C=O) groups is 4. The summed E-state index contributed by atoms with van der Waals surface area (Å²) in [7, 11) is -0.709. The quantitative estimate of drug-likeness (QED) is 0.0105. The van der Waals surface area contributed by atoms with E-state index in [4.69, 9.17) is 90.4 Å². The molecule has 10 heterocycles. The van der Waals surface area contributed by atoms with E-state index in [9.17, 15) is 59.2 Å². The van der Waals surface area contributed by atoms with Gasteiger partial charge in [0, 0.05) is 124 Å². The number of hydrogen-bond acceptors (Lipinski definition) is 20. The van der Waals surface area contributed by atoms with Crippen molar-refractivity contribution in [1.82, 2.24) is 58.5 Å². The van der Waals surface area contributed by atoms with E-state index >= 15 is 0 Å². The van der Waals surface area contributed by atoms with Crippen LogP contribution in [0, 0.1) is 56.5 Å². The average Bonchev–Trinajstić information content (AvgIpc) is 1.59. The zero-order valence-corrected chi connectivity index (χ0v) is 76.7. The van der Waals surface area contributed by atoms with Gasteiger partial charge >= 0.3 is 43.7 Å². The van der Waals surface area contributed by atoms with Crippen molar-refractivity contribution in [3.8, 4) is 64.0 Å². The number of aromatic nitrogens is 9. The number of nitriles is 4. The molecule has 0 atom stereocenters. The second kappa shape index (κ2) is 51.1. The number of amides is 6. The molecule has 0 saturated carbocycles. The third-order valence-corrected chi connectivity index (χ3v) is 17.7. The molecule has 45 heteroatoms. The molecule has 3 aromatic carbocycles. The van der Waals surface area contributed by atoms with E-state index in [0.29, 0.717) is 97.4 Å². The van der Waals surface area contributed by atoms with Gasteiger partial charge in [0.15, 0.2) is 16.9 Å². The molecule has 0 bridgehead atoms. The fourth-order valence-electron chi connectivity index (χ4n) is 10.9. The van der Waals surface area contributed by atoms with Crippen molar-refractivity contribution in [2.24, 2.45) is 5.73 Å². The molecule has 0 unspecified atom stereocenters. The molecule has 0 spiro atoms. The van der Waals surface area contributed by atoms with Crippen LogP contribution in [0.1, 0.15) is 98.5 Å². The van der Waals surface area contributed by atoms with Crippen LogP contribution in [0.15, 0.2) is 177 Å². The van der Waals surface area contributed by atoms with E-state index in [0.717, 1.165) is 20.6 Å². The molecule has 1 aliphatic rings. The second-order valence-electron chi connectivity index (χ2n) is 28.1. The third-order valence-electron chi connectivity index (χ3n) is 16.8. The van der Waals surface area contributed by atoms with Crippen LogP contribution in [0.5, 0.6) is 17.2 Å². The number of pyridine rings is 5. The van der Waals surface area contributed by atoms with Gasteiger partial charge in [0.1, 0.15) is 82.6 Å². The minimum absolute atomic E-state index is 0.